The Morgan fingerprint density at radius 1 is 1.15 bits per heavy atom. The summed E-state index contributed by atoms with van der Waals surface area (Å²) in [5, 5.41) is 0. The van der Waals surface area contributed by atoms with E-state index in [-0.39, 0.29) is 10.0 Å². The summed E-state index contributed by atoms with van der Waals surface area (Å²) in [7, 11) is -1.76. The molecule has 2 aromatic heterocycles. The second-order valence-corrected chi connectivity index (χ2v) is 12.2. The van der Waals surface area contributed by atoms with Crippen molar-refractivity contribution in [3.8, 4) is 0 Å². The quantitative estimate of drug-likeness (QED) is 0.503. The lowest BCUT2D eigenvalue weighted by Crippen LogP contribution is -2.63. The van der Waals surface area contributed by atoms with E-state index < -0.39 is 16.0 Å². The van der Waals surface area contributed by atoms with Crippen molar-refractivity contribution in [2.24, 2.45) is 11.8 Å². The minimum absolute atomic E-state index is 0.0250. The van der Waals surface area contributed by atoms with Crippen molar-refractivity contribution in [1.82, 2.24) is 9.88 Å². The Morgan fingerprint density at radius 2 is 1.88 bits per heavy atom. The lowest BCUT2D eigenvalue weighted by atomic mass is 9.65. The van der Waals surface area contributed by atoms with Crippen molar-refractivity contribution < 1.29 is 12.8 Å². The first-order valence-corrected chi connectivity index (χ1v) is 13.3. The van der Waals surface area contributed by atoms with E-state index in [1.165, 1.54) is 41.5 Å². The molecule has 1 aliphatic carbocycles. The second-order valence-electron chi connectivity index (χ2n) is 8.99. The molecule has 3 atom stereocenters. The first-order valence-electron chi connectivity index (χ1n) is 11.0. The van der Waals surface area contributed by atoms with Crippen LogP contribution in [-0.2, 0) is 16.6 Å². The van der Waals surface area contributed by atoms with Crippen LogP contribution in [0.25, 0.3) is 0 Å². The zero-order valence-electron chi connectivity index (χ0n) is 18.6. The van der Waals surface area contributed by atoms with Crippen LogP contribution in [0.2, 0.25) is 0 Å². The van der Waals surface area contributed by atoms with E-state index in [1.54, 1.807) is 6.07 Å². The van der Waals surface area contributed by atoms with Crippen LogP contribution in [0.3, 0.4) is 0 Å². The number of benzene rings is 1. The number of hydrogen-bond acceptors (Lipinski definition) is 6. The number of fused-ring (bicyclic) bond motifs is 2. The highest BCUT2D eigenvalue weighted by atomic mass is 32.2. The summed E-state index contributed by atoms with van der Waals surface area (Å²) in [6.07, 6.45) is 1.22. The van der Waals surface area contributed by atoms with Gasteiger partial charge in [0.05, 0.1) is 5.69 Å². The monoisotopic (exact) mass is 486 g/mol. The second kappa shape index (κ2) is 8.70. The molecular weight excluding hydrogens is 459 g/mol. The zero-order valence-corrected chi connectivity index (χ0v) is 20.2. The van der Waals surface area contributed by atoms with Crippen LogP contribution >= 0.6 is 11.3 Å². The van der Waals surface area contributed by atoms with Crippen molar-refractivity contribution in [1.29, 1.82) is 0 Å². The summed E-state index contributed by atoms with van der Waals surface area (Å²) in [4.78, 5) is 9.36. The van der Waals surface area contributed by atoms with Crippen LogP contribution in [0.5, 0.6) is 0 Å². The maximum Gasteiger partial charge on any atom is 0.272 e. The maximum atomic E-state index is 13.4. The average molecular weight is 487 g/mol. The van der Waals surface area contributed by atoms with Crippen molar-refractivity contribution in [3.05, 3.63) is 71.0 Å². The van der Waals surface area contributed by atoms with Gasteiger partial charge >= 0.3 is 0 Å². The van der Waals surface area contributed by atoms with E-state index in [2.05, 4.69) is 50.8 Å². The molecule has 2 aliphatic heterocycles. The number of rotatable bonds is 7. The molecule has 2 saturated heterocycles. The molecule has 1 N–H and O–H groups in total. The molecule has 0 amide bonds. The predicted molar refractivity (Wildman–Crippen MR) is 130 cm³/mol. The predicted octanol–water partition coefficient (Wildman–Crippen LogP) is 4.35. The normalized spacial score (nSPS) is 22.6. The topological polar surface area (TPSA) is 65.5 Å². The van der Waals surface area contributed by atoms with Crippen molar-refractivity contribution in [2.45, 2.75) is 30.1 Å². The highest BCUT2D eigenvalue weighted by molar-refractivity contribution is 7.94. The fraction of sp³-hybridized carbons (Fsp3) is 0.375. The van der Waals surface area contributed by atoms with Gasteiger partial charge in [-0.1, -0.05) is 36.4 Å². The number of nitrogens with zero attached hydrogens (tertiary/aromatic N) is 3. The number of sulfonamides is 1. The third kappa shape index (κ3) is 4.49. The molecule has 6 nitrogen and oxygen atoms in total. The molecule has 3 aromatic rings. The van der Waals surface area contributed by atoms with Gasteiger partial charge in [-0.05, 0) is 48.9 Å². The van der Waals surface area contributed by atoms with Crippen molar-refractivity contribution in [3.63, 3.8) is 0 Å². The maximum absolute atomic E-state index is 13.4. The molecule has 174 valence electrons. The van der Waals surface area contributed by atoms with Crippen LogP contribution in [0, 0.1) is 24.7 Å². The molecule has 0 spiro atoms. The number of anilines is 2. The molecule has 6 rings (SSSR count). The van der Waals surface area contributed by atoms with Gasteiger partial charge < -0.3 is 4.90 Å². The lowest BCUT2D eigenvalue weighted by Gasteiger charge is -2.57. The molecule has 0 radical (unpaired) electrons. The number of halogens is 1. The van der Waals surface area contributed by atoms with Gasteiger partial charge in [0.1, 0.15) is 10.0 Å². The molecular formula is C24H27FN4O2S2. The fourth-order valence-corrected chi connectivity index (χ4v) is 7.78. The molecule has 33 heavy (non-hydrogen) atoms. The number of piperidine rings is 2. The van der Waals surface area contributed by atoms with E-state index in [1.807, 2.05) is 13.0 Å². The van der Waals surface area contributed by atoms with E-state index in [4.69, 9.17) is 0 Å². The van der Waals surface area contributed by atoms with E-state index in [0.29, 0.717) is 17.9 Å². The van der Waals surface area contributed by atoms with Gasteiger partial charge in [0, 0.05) is 37.6 Å². The van der Waals surface area contributed by atoms with Crippen LogP contribution in [0.4, 0.5) is 15.9 Å². The van der Waals surface area contributed by atoms with Gasteiger partial charge in [-0.3, -0.25) is 9.62 Å². The molecule has 3 fully saturated rings. The number of aromatic nitrogens is 1. The third-order valence-electron chi connectivity index (χ3n) is 6.72. The third-order valence-corrected chi connectivity index (χ3v) is 9.59. The molecule has 3 aliphatic rings. The highest BCUT2D eigenvalue weighted by Gasteiger charge is 2.48. The van der Waals surface area contributed by atoms with Crippen LogP contribution in [-0.4, -0.2) is 44.5 Å². The van der Waals surface area contributed by atoms with Gasteiger partial charge in [0.15, 0.2) is 0 Å². The minimum atomic E-state index is -3.84. The molecule has 1 saturated carbocycles. The summed E-state index contributed by atoms with van der Waals surface area (Å²) in [5.74, 6) is 0.400. The van der Waals surface area contributed by atoms with Crippen LogP contribution in [0.1, 0.15) is 16.9 Å². The Morgan fingerprint density at radius 3 is 2.58 bits per heavy atom. The lowest BCUT2D eigenvalue weighted by molar-refractivity contribution is -0.00335. The number of hydrogen-bond donors (Lipinski definition) is 1. The molecule has 2 bridgehead atoms. The van der Waals surface area contributed by atoms with Gasteiger partial charge in [-0.2, -0.15) is 4.39 Å². The molecule has 9 heteroatoms. The highest BCUT2D eigenvalue weighted by Crippen LogP contribution is 2.46. The Kier molecular flexibility index (Phi) is 5.88. The number of aryl methyl sites for hydroxylation is 1. The van der Waals surface area contributed by atoms with E-state index in [9.17, 15) is 12.8 Å². The summed E-state index contributed by atoms with van der Waals surface area (Å²) < 4.78 is 41.7. The summed E-state index contributed by atoms with van der Waals surface area (Å²) in [5.41, 5.74) is 2.29. The Balaban J connectivity index is 1.28. The van der Waals surface area contributed by atoms with Gasteiger partial charge in [0.2, 0.25) is 5.95 Å². The van der Waals surface area contributed by atoms with E-state index >= 15 is 0 Å². The van der Waals surface area contributed by atoms with Crippen molar-refractivity contribution >= 4 is 32.9 Å². The Labute approximate surface area is 198 Å². The fourth-order valence-electron chi connectivity index (χ4n) is 5.31. The van der Waals surface area contributed by atoms with Crippen molar-refractivity contribution in [2.75, 3.05) is 29.8 Å². The first-order chi connectivity index (χ1) is 15.8. The number of nitrogens with one attached hydrogen (secondary N) is 1. The molecule has 1 aromatic carbocycles. The van der Waals surface area contributed by atoms with E-state index in [0.717, 1.165) is 30.2 Å². The summed E-state index contributed by atoms with van der Waals surface area (Å²) >= 11 is 1.23. The molecule has 4 heterocycles. The van der Waals surface area contributed by atoms with Crippen LogP contribution < -0.4 is 9.62 Å². The van der Waals surface area contributed by atoms with Gasteiger partial charge in [0.25, 0.3) is 10.0 Å². The van der Waals surface area contributed by atoms with Crippen LogP contribution in [0.15, 0.2) is 58.8 Å². The Bertz CT molecular complexity index is 1240. The molecule has 1 unspecified atom stereocenters. The zero-order chi connectivity index (χ0) is 23.2. The Hall–Kier alpha value is -2.49. The average Bonchev–Trinajstić information content (AvgIpc) is 3.17. The standard InChI is InChI=1S/C24H27FN4O2S2/c1-16-20(12-23(32-16)33(30,31)27-22-10-6-9-21(25)26-22)28(2)24-18-11-19(24)15-29(14-18)13-17-7-4-3-5-8-17/h3-10,12,18-19,24H,11,13-15H2,1-2H3,(H,26,27)/t18-,19+,24?. The SMILES string of the molecule is Cc1sc(S(=O)(=O)Nc2cccc(F)n2)cc1N(C)C1[C@@H]2C[C@H]1CN(Cc1ccccc1)C2. The first kappa shape index (κ1) is 22.3. The smallest absolute Gasteiger partial charge is 0.272 e. The minimum Gasteiger partial charge on any atom is -0.370 e. The number of pyridine rings is 1. The largest absolute Gasteiger partial charge is 0.370 e. The van der Waals surface area contributed by atoms with Gasteiger partial charge in [-0.15, -0.1) is 11.3 Å². The summed E-state index contributed by atoms with van der Waals surface area (Å²) in [6.45, 7) is 5.04. The summed E-state index contributed by atoms with van der Waals surface area (Å²) in [6, 6.07) is 16.8. The number of thiophene rings is 1. The van der Waals surface area contributed by atoms with Gasteiger partial charge in [-0.25, -0.2) is 13.4 Å².